The van der Waals surface area contributed by atoms with E-state index >= 15 is 0 Å². The van der Waals surface area contributed by atoms with E-state index in [-0.39, 0.29) is 23.7 Å². The molecular formula is C17H25ClN6O2. The Balaban J connectivity index is 2.50. The Hall–Kier alpha value is -2.35. The van der Waals surface area contributed by atoms with Gasteiger partial charge in [-0.2, -0.15) is 10.1 Å². The fourth-order valence-corrected chi connectivity index (χ4v) is 2.36. The van der Waals surface area contributed by atoms with Crippen LogP contribution in [0.2, 0.25) is 0 Å². The summed E-state index contributed by atoms with van der Waals surface area (Å²) in [5, 5.41) is 6.79. The lowest BCUT2D eigenvalue weighted by molar-refractivity contribution is -0.116. The Morgan fingerprint density at radius 3 is 2.58 bits per heavy atom. The molecule has 0 atom stereocenters. The van der Waals surface area contributed by atoms with Gasteiger partial charge in [-0.05, 0) is 11.5 Å². The number of aromatic amines is 1. The van der Waals surface area contributed by atoms with Crippen molar-refractivity contribution >= 4 is 29.0 Å². The summed E-state index contributed by atoms with van der Waals surface area (Å²) in [6.45, 7) is 6.88. The molecule has 0 bridgehead atoms. The minimum absolute atomic E-state index is 0.0643. The van der Waals surface area contributed by atoms with Crippen molar-refractivity contribution in [3.05, 3.63) is 24.3 Å². The standard InChI is InChI=1S/C17H25ClN6O2/c1-17(2,3)10-26-16-14(15(23(4)5)19-11-20-16)24(13(25)8-18)9-12-6-7-21-22-12/h6-7,11H,8-10H2,1-5H3,(H,21,22). The summed E-state index contributed by atoms with van der Waals surface area (Å²) in [7, 11) is 3.69. The molecule has 2 aromatic rings. The Morgan fingerprint density at radius 1 is 1.31 bits per heavy atom. The van der Waals surface area contributed by atoms with E-state index in [1.165, 1.54) is 11.2 Å². The molecule has 0 saturated carbocycles. The summed E-state index contributed by atoms with van der Waals surface area (Å²) in [6, 6.07) is 1.79. The molecule has 0 aliphatic rings. The van der Waals surface area contributed by atoms with Gasteiger partial charge in [-0.25, -0.2) is 4.98 Å². The van der Waals surface area contributed by atoms with Gasteiger partial charge < -0.3 is 9.64 Å². The number of nitrogens with one attached hydrogen (secondary N) is 1. The minimum Gasteiger partial charge on any atom is -0.475 e. The molecule has 9 heteroatoms. The molecule has 0 spiro atoms. The summed E-state index contributed by atoms with van der Waals surface area (Å²) in [5.41, 5.74) is 1.19. The second kappa shape index (κ2) is 8.35. The normalized spacial score (nSPS) is 11.3. The summed E-state index contributed by atoms with van der Waals surface area (Å²) in [5.74, 6) is 0.465. The molecule has 2 aromatic heterocycles. The lowest BCUT2D eigenvalue weighted by atomic mass is 9.99. The molecule has 0 aromatic carbocycles. The zero-order chi connectivity index (χ0) is 19.3. The summed E-state index contributed by atoms with van der Waals surface area (Å²) < 4.78 is 5.95. The fourth-order valence-electron chi connectivity index (χ4n) is 2.22. The van der Waals surface area contributed by atoms with Crippen LogP contribution in [0.4, 0.5) is 11.5 Å². The number of nitrogens with zero attached hydrogens (tertiary/aromatic N) is 5. The van der Waals surface area contributed by atoms with Crippen molar-refractivity contribution in [2.45, 2.75) is 27.3 Å². The van der Waals surface area contributed by atoms with E-state index in [9.17, 15) is 4.79 Å². The minimum atomic E-state index is -0.278. The third-order valence-electron chi connectivity index (χ3n) is 3.41. The van der Waals surface area contributed by atoms with Gasteiger partial charge in [-0.15, -0.1) is 11.6 Å². The molecule has 0 aliphatic heterocycles. The Morgan fingerprint density at radius 2 is 2.04 bits per heavy atom. The predicted molar refractivity (Wildman–Crippen MR) is 102 cm³/mol. The zero-order valence-electron chi connectivity index (χ0n) is 15.8. The van der Waals surface area contributed by atoms with Crippen LogP contribution in [0.5, 0.6) is 5.88 Å². The number of carbonyl (C=O) groups is 1. The SMILES string of the molecule is CN(C)c1ncnc(OCC(C)(C)C)c1N(Cc1ccn[nH]1)C(=O)CCl. The fraction of sp³-hybridized carbons (Fsp3) is 0.529. The smallest absolute Gasteiger partial charge is 0.243 e. The van der Waals surface area contributed by atoms with Crippen molar-refractivity contribution < 1.29 is 9.53 Å². The molecular weight excluding hydrogens is 356 g/mol. The summed E-state index contributed by atoms with van der Waals surface area (Å²) in [6.07, 6.45) is 3.06. The molecule has 1 amide bonds. The number of rotatable bonds is 7. The average molecular weight is 381 g/mol. The maximum atomic E-state index is 12.6. The lowest BCUT2D eigenvalue weighted by Crippen LogP contribution is -2.34. The monoisotopic (exact) mass is 380 g/mol. The van der Waals surface area contributed by atoms with Gasteiger partial charge in [0.25, 0.3) is 0 Å². The van der Waals surface area contributed by atoms with E-state index in [0.29, 0.717) is 24.0 Å². The number of alkyl halides is 1. The van der Waals surface area contributed by atoms with E-state index in [2.05, 4.69) is 40.9 Å². The second-order valence-corrected chi connectivity index (χ2v) is 7.56. The molecule has 0 radical (unpaired) electrons. The van der Waals surface area contributed by atoms with Crippen LogP contribution in [0.25, 0.3) is 0 Å². The van der Waals surface area contributed by atoms with Crippen LogP contribution in [-0.4, -0.2) is 52.7 Å². The molecule has 8 nitrogen and oxygen atoms in total. The quantitative estimate of drug-likeness (QED) is 0.742. The third kappa shape index (κ3) is 5.08. The molecule has 1 N–H and O–H groups in total. The summed E-state index contributed by atoms with van der Waals surface area (Å²) in [4.78, 5) is 24.5. The van der Waals surface area contributed by atoms with Crippen molar-refractivity contribution in [2.75, 3.05) is 36.4 Å². The van der Waals surface area contributed by atoms with Crippen LogP contribution in [0.15, 0.2) is 18.6 Å². The molecule has 2 heterocycles. The molecule has 26 heavy (non-hydrogen) atoms. The Bertz CT molecular complexity index is 727. The van der Waals surface area contributed by atoms with Gasteiger partial charge in [0.2, 0.25) is 11.8 Å². The van der Waals surface area contributed by atoms with Crippen LogP contribution in [0.1, 0.15) is 26.5 Å². The largest absolute Gasteiger partial charge is 0.475 e. The number of halogens is 1. The van der Waals surface area contributed by atoms with Gasteiger partial charge >= 0.3 is 0 Å². The van der Waals surface area contributed by atoms with Crippen LogP contribution >= 0.6 is 11.6 Å². The number of aromatic nitrogens is 4. The van der Waals surface area contributed by atoms with Gasteiger partial charge in [-0.1, -0.05) is 20.8 Å². The van der Waals surface area contributed by atoms with E-state index in [1.807, 2.05) is 19.0 Å². The van der Waals surface area contributed by atoms with Gasteiger partial charge in [0.1, 0.15) is 12.2 Å². The molecule has 142 valence electrons. The van der Waals surface area contributed by atoms with Crippen molar-refractivity contribution in [1.29, 1.82) is 0 Å². The lowest BCUT2D eigenvalue weighted by Gasteiger charge is -2.28. The van der Waals surface area contributed by atoms with Crippen molar-refractivity contribution in [1.82, 2.24) is 20.2 Å². The highest BCUT2D eigenvalue weighted by molar-refractivity contribution is 6.29. The first kappa shape index (κ1) is 20.0. The van der Waals surface area contributed by atoms with Crippen LogP contribution < -0.4 is 14.5 Å². The number of ether oxygens (including phenoxy) is 1. The first-order valence-corrected chi connectivity index (χ1v) is 8.76. The van der Waals surface area contributed by atoms with Crippen LogP contribution in [-0.2, 0) is 11.3 Å². The number of amides is 1. The maximum Gasteiger partial charge on any atom is 0.243 e. The van der Waals surface area contributed by atoms with Crippen LogP contribution in [0.3, 0.4) is 0 Å². The number of hydrogen-bond acceptors (Lipinski definition) is 6. The Labute approximate surface area is 158 Å². The highest BCUT2D eigenvalue weighted by Crippen LogP contribution is 2.36. The molecule has 0 aliphatic carbocycles. The van der Waals surface area contributed by atoms with Crippen molar-refractivity contribution in [3.63, 3.8) is 0 Å². The predicted octanol–water partition coefficient (Wildman–Crippen LogP) is 2.46. The second-order valence-electron chi connectivity index (χ2n) is 7.29. The van der Waals surface area contributed by atoms with E-state index in [4.69, 9.17) is 16.3 Å². The van der Waals surface area contributed by atoms with E-state index < -0.39 is 0 Å². The topological polar surface area (TPSA) is 87.2 Å². The van der Waals surface area contributed by atoms with E-state index in [0.717, 1.165) is 5.69 Å². The van der Waals surface area contributed by atoms with Gasteiger partial charge in [-0.3, -0.25) is 14.8 Å². The van der Waals surface area contributed by atoms with Gasteiger partial charge in [0.15, 0.2) is 11.5 Å². The maximum absolute atomic E-state index is 12.6. The Kier molecular flexibility index (Phi) is 6.42. The third-order valence-corrected chi connectivity index (χ3v) is 3.64. The zero-order valence-corrected chi connectivity index (χ0v) is 16.5. The molecule has 0 saturated heterocycles. The summed E-state index contributed by atoms with van der Waals surface area (Å²) >= 11 is 5.86. The van der Waals surface area contributed by atoms with Crippen LogP contribution in [0, 0.1) is 5.41 Å². The number of carbonyl (C=O) groups excluding carboxylic acids is 1. The number of anilines is 2. The first-order valence-electron chi connectivity index (χ1n) is 8.22. The number of hydrogen-bond donors (Lipinski definition) is 1. The van der Waals surface area contributed by atoms with Gasteiger partial charge in [0, 0.05) is 20.3 Å². The first-order chi connectivity index (χ1) is 12.2. The van der Waals surface area contributed by atoms with E-state index in [1.54, 1.807) is 12.3 Å². The average Bonchev–Trinajstić information content (AvgIpc) is 3.09. The number of H-pyrrole nitrogens is 1. The molecule has 0 unspecified atom stereocenters. The highest BCUT2D eigenvalue weighted by Gasteiger charge is 2.27. The molecule has 0 fully saturated rings. The van der Waals surface area contributed by atoms with Crippen molar-refractivity contribution in [2.24, 2.45) is 5.41 Å². The molecule has 2 rings (SSSR count). The van der Waals surface area contributed by atoms with Crippen molar-refractivity contribution in [3.8, 4) is 5.88 Å². The van der Waals surface area contributed by atoms with Gasteiger partial charge in [0.05, 0.1) is 18.8 Å². The highest BCUT2D eigenvalue weighted by atomic mass is 35.5.